The minimum atomic E-state index is 0.544. The molecule has 1 aliphatic rings. The van der Waals surface area contributed by atoms with E-state index in [9.17, 15) is 0 Å². The van der Waals surface area contributed by atoms with Gasteiger partial charge in [-0.2, -0.15) is 0 Å². The molecule has 0 aromatic carbocycles. The summed E-state index contributed by atoms with van der Waals surface area (Å²) >= 11 is 0. The lowest BCUT2D eigenvalue weighted by Crippen LogP contribution is -2.02. The highest BCUT2D eigenvalue weighted by atomic mass is 17.2. The molecule has 0 saturated carbocycles. The molecule has 1 saturated heterocycles. The molecule has 0 radical (unpaired) electrons. The van der Waals surface area contributed by atoms with E-state index < -0.39 is 0 Å². The van der Waals surface area contributed by atoms with Gasteiger partial charge in [0.25, 0.3) is 0 Å². The Kier molecular flexibility index (Phi) is 2.25. The highest BCUT2D eigenvalue weighted by molar-refractivity contribution is 4.90. The molecule has 0 N–H and O–H groups in total. The lowest BCUT2D eigenvalue weighted by Gasteiger charge is -2.01. The van der Waals surface area contributed by atoms with Crippen LogP contribution in [0.4, 0.5) is 0 Å². The van der Waals surface area contributed by atoms with Gasteiger partial charge in [-0.3, -0.25) is 0 Å². The molecular weight excluding hydrogens is 116 g/mol. The largest absolute Gasteiger partial charge is 0.236 e. The Morgan fingerprint density at radius 2 is 2.11 bits per heavy atom. The monoisotopic (exact) mass is 128 g/mol. The zero-order valence-corrected chi connectivity index (χ0v) is 5.72. The molecule has 2 heteroatoms. The second-order valence-corrected chi connectivity index (χ2v) is 2.60. The minimum absolute atomic E-state index is 0.544. The van der Waals surface area contributed by atoms with E-state index in [2.05, 4.69) is 6.58 Å². The van der Waals surface area contributed by atoms with Crippen LogP contribution >= 0.6 is 0 Å². The maximum atomic E-state index is 4.72. The summed E-state index contributed by atoms with van der Waals surface area (Å²) in [6, 6.07) is 0. The molecule has 0 aromatic heterocycles. The average Bonchev–Trinajstić information content (AvgIpc) is 2.15. The molecule has 0 aliphatic carbocycles. The van der Waals surface area contributed by atoms with Crippen LogP contribution in [-0.2, 0) is 9.78 Å². The normalized spacial score (nSPS) is 20.6. The van der Waals surface area contributed by atoms with Crippen LogP contribution in [0.25, 0.3) is 0 Å². The molecular formula is C7H12O2. The molecule has 0 aromatic rings. The standard InChI is InChI=1S/C7H12O2/c1-6(2)3-7-4-8-9-5-7/h7H,1,3-5H2,2H3. The van der Waals surface area contributed by atoms with Crippen molar-refractivity contribution in [2.24, 2.45) is 5.92 Å². The van der Waals surface area contributed by atoms with Gasteiger partial charge in [-0.1, -0.05) is 5.57 Å². The fourth-order valence-corrected chi connectivity index (χ4v) is 0.947. The zero-order valence-electron chi connectivity index (χ0n) is 5.72. The van der Waals surface area contributed by atoms with Crippen molar-refractivity contribution in [3.8, 4) is 0 Å². The van der Waals surface area contributed by atoms with Crippen LogP contribution in [-0.4, -0.2) is 13.2 Å². The summed E-state index contributed by atoms with van der Waals surface area (Å²) in [7, 11) is 0. The SMILES string of the molecule is C=C(C)CC1COOC1. The van der Waals surface area contributed by atoms with Gasteiger partial charge < -0.3 is 0 Å². The number of rotatable bonds is 2. The zero-order chi connectivity index (χ0) is 6.69. The van der Waals surface area contributed by atoms with E-state index >= 15 is 0 Å². The minimum Gasteiger partial charge on any atom is -0.236 e. The van der Waals surface area contributed by atoms with Crippen molar-refractivity contribution in [2.45, 2.75) is 13.3 Å². The van der Waals surface area contributed by atoms with Crippen molar-refractivity contribution in [3.63, 3.8) is 0 Å². The van der Waals surface area contributed by atoms with Gasteiger partial charge >= 0.3 is 0 Å². The van der Waals surface area contributed by atoms with Gasteiger partial charge in [0.05, 0.1) is 13.2 Å². The molecule has 0 atom stereocenters. The molecule has 9 heavy (non-hydrogen) atoms. The second kappa shape index (κ2) is 2.99. The fourth-order valence-electron chi connectivity index (χ4n) is 0.947. The maximum absolute atomic E-state index is 4.72. The van der Waals surface area contributed by atoms with Crippen molar-refractivity contribution in [2.75, 3.05) is 13.2 Å². The molecule has 0 unspecified atom stereocenters. The summed E-state index contributed by atoms with van der Waals surface area (Å²) < 4.78 is 0. The third-order valence-corrected chi connectivity index (χ3v) is 1.33. The fraction of sp³-hybridized carbons (Fsp3) is 0.714. The first-order chi connectivity index (χ1) is 4.29. The molecule has 1 aliphatic heterocycles. The lowest BCUT2D eigenvalue weighted by molar-refractivity contribution is -0.248. The number of hydrogen-bond acceptors (Lipinski definition) is 2. The van der Waals surface area contributed by atoms with Gasteiger partial charge in [-0.05, 0) is 13.3 Å². The molecule has 1 fully saturated rings. The molecule has 0 spiro atoms. The third kappa shape index (κ3) is 2.16. The van der Waals surface area contributed by atoms with Gasteiger partial charge in [-0.15, -0.1) is 6.58 Å². The van der Waals surface area contributed by atoms with E-state index in [1.54, 1.807) is 0 Å². The van der Waals surface area contributed by atoms with Gasteiger partial charge in [0.1, 0.15) is 0 Å². The Morgan fingerprint density at radius 1 is 1.56 bits per heavy atom. The summed E-state index contributed by atoms with van der Waals surface area (Å²) in [5.41, 5.74) is 1.20. The molecule has 52 valence electrons. The smallest absolute Gasteiger partial charge is 0.0876 e. The predicted molar refractivity (Wildman–Crippen MR) is 34.8 cm³/mol. The van der Waals surface area contributed by atoms with Crippen LogP contribution in [0.5, 0.6) is 0 Å². The van der Waals surface area contributed by atoms with Crippen LogP contribution in [0.2, 0.25) is 0 Å². The Hall–Kier alpha value is -0.340. The van der Waals surface area contributed by atoms with E-state index in [-0.39, 0.29) is 0 Å². The van der Waals surface area contributed by atoms with Gasteiger partial charge in [0.15, 0.2) is 0 Å². The summed E-state index contributed by atoms with van der Waals surface area (Å²) in [5, 5.41) is 0. The number of allylic oxidation sites excluding steroid dienone is 1. The van der Waals surface area contributed by atoms with Crippen LogP contribution in [0.15, 0.2) is 12.2 Å². The van der Waals surface area contributed by atoms with E-state index in [0.29, 0.717) is 5.92 Å². The summed E-state index contributed by atoms with van der Waals surface area (Å²) in [4.78, 5) is 9.43. The Morgan fingerprint density at radius 3 is 2.56 bits per heavy atom. The van der Waals surface area contributed by atoms with Crippen molar-refractivity contribution >= 4 is 0 Å². The third-order valence-electron chi connectivity index (χ3n) is 1.33. The lowest BCUT2D eigenvalue weighted by atomic mass is 10.0. The van der Waals surface area contributed by atoms with Crippen molar-refractivity contribution in [3.05, 3.63) is 12.2 Å². The Balaban J connectivity index is 2.19. The van der Waals surface area contributed by atoms with Crippen molar-refractivity contribution < 1.29 is 9.78 Å². The van der Waals surface area contributed by atoms with E-state index in [4.69, 9.17) is 9.78 Å². The van der Waals surface area contributed by atoms with Gasteiger partial charge in [-0.25, -0.2) is 9.78 Å². The Bertz CT molecular complexity index is 103. The van der Waals surface area contributed by atoms with Crippen LogP contribution in [0.3, 0.4) is 0 Å². The number of hydrogen-bond donors (Lipinski definition) is 0. The summed E-state index contributed by atoms with van der Waals surface area (Å²) in [5.74, 6) is 0.544. The molecule has 1 heterocycles. The first-order valence-electron chi connectivity index (χ1n) is 3.18. The quantitative estimate of drug-likeness (QED) is 0.414. The molecule has 2 nitrogen and oxygen atoms in total. The average molecular weight is 128 g/mol. The topological polar surface area (TPSA) is 18.5 Å². The van der Waals surface area contributed by atoms with E-state index in [0.717, 1.165) is 19.6 Å². The predicted octanol–water partition coefficient (Wildman–Crippen LogP) is 1.53. The van der Waals surface area contributed by atoms with Gasteiger partial charge in [0.2, 0.25) is 0 Å². The summed E-state index contributed by atoms with van der Waals surface area (Å²) in [6.45, 7) is 7.29. The van der Waals surface area contributed by atoms with Gasteiger partial charge in [0, 0.05) is 5.92 Å². The van der Waals surface area contributed by atoms with Crippen LogP contribution in [0, 0.1) is 5.92 Å². The highest BCUT2D eigenvalue weighted by Gasteiger charge is 2.16. The van der Waals surface area contributed by atoms with E-state index in [1.165, 1.54) is 5.57 Å². The van der Waals surface area contributed by atoms with Crippen LogP contribution < -0.4 is 0 Å². The molecule has 0 bridgehead atoms. The van der Waals surface area contributed by atoms with Crippen molar-refractivity contribution in [1.29, 1.82) is 0 Å². The summed E-state index contributed by atoms with van der Waals surface area (Å²) in [6.07, 6.45) is 1.03. The maximum Gasteiger partial charge on any atom is 0.0876 e. The van der Waals surface area contributed by atoms with Crippen molar-refractivity contribution in [1.82, 2.24) is 0 Å². The highest BCUT2D eigenvalue weighted by Crippen LogP contribution is 2.15. The first-order valence-corrected chi connectivity index (χ1v) is 3.18. The van der Waals surface area contributed by atoms with E-state index in [1.807, 2.05) is 6.92 Å². The molecule has 0 amide bonds. The van der Waals surface area contributed by atoms with Crippen LogP contribution in [0.1, 0.15) is 13.3 Å². The first kappa shape index (κ1) is 6.78. The Labute approximate surface area is 55.4 Å². The molecule has 1 rings (SSSR count). The second-order valence-electron chi connectivity index (χ2n) is 2.60.